The highest BCUT2D eigenvalue weighted by molar-refractivity contribution is 5.82. The van der Waals surface area contributed by atoms with Crippen molar-refractivity contribution in [3.8, 4) is 0 Å². The van der Waals surface area contributed by atoms with E-state index < -0.39 is 0 Å². The first-order chi connectivity index (χ1) is 13.9. The van der Waals surface area contributed by atoms with Gasteiger partial charge in [0, 0.05) is 6.08 Å². The van der Waals surface area contributed by atoms with Crippen LogP contribution < -0.4 is 0 Å². The van der Waals surface area contributed by atoms with Gasteiger partial charge in [0.1, 0.15) is 0 Å². The van der Waals surface area contributed by atoms with Gasteiger partial charge in [0.2, 0.25) is 0 Å². The van der Waals surface area contributed by atoms with Crippen LogP contribution in [0.5, 0.6) is 0 Å². The van der Waals surface area contributed by atoms with Gasteiger partial charge >= 0.3 is 5.97 Å². The highest BCUT2D eigenvalue weighted by atomic mass is 16.5. The van der Waals surface area contributed by atoms with Crippen LogP contribution in [0, 0.1) is 5.92 Å². The topological polar surface area (TPSA) is 49.8 Å². The molecule has 0 aliphatic rings. The smallest absolute Gasteiger partial charge is 0.330 e. The molecule has 1 N–H and O–H groups in total. The van der Waals surface area contributed by atoms with Crippen LogP contribution in [0.1, 0.15) is 115 Å². The minimum atomic E-state index is -0.378. The predicted octanol–water partition coefficient (Wildman–Crippen LogP) is 6.95. The predicted molar refractivity (Wildman–Crippen MR) is 125 cm³/mol. The van der Waals surface area contributed by atoms with Crippen molar-refractivity contribution in [3.05, 3.63) is 46.5 Å². The summed E-state index contributed by atoms with van der Waals surface area (Å²) in [5.41, 5.74) is 5.11. The Hall–Kier alpha value is -1.65. The summed E-state index contributed by atoms with van der Waals surface area (Å²) in [5.74, 6) is 0.893. The molecular weight excluding hydrogens is 374 g/mol. The number of ether oxygens (including phenoxy) is 1. The molecule has 0 radical (unpaired) electrons. The van der Waals surface area contributed by atoms with Gasteiger partial charge in [0.15, 0.2) is 0 Å². The Bertz CT molecular complexity index is 690. The molecule has 0 aliphatic heterocycles. The molecule has 170 valence electrons. The maximum absolute atomic E-state index is 11.8. The fourth-order valence-corrected chi connectivity index (χ4v) is 3.87. The highest BCUT2D eigenvalue weighted by Crippen LogP contribution is 2.38. The molecule has 1 aromatic carbocycles. The number of nitrogens with zero attached hydrogens (tertiary/aromatic N) is 1. The fraction of sp³-hybridized carbons (Fsp3) is 0.654. The lowest BCUT2D eigenvalue weighted by atomic mass is 9.81. The van der Waals surface area contributed by atoms with Gasteiger partial charge < -0.3 is 9.94 Å². The lowest BCUT2D eigenvalue weighted by Gasteiger charge is -2.35. The molecule has 0 bridgehead atoms. The number of benzene rings is 1. The van der Waals surface area contributed by atoms with E-state index in [1.165, 1.54) is 33.4 Å². The molecule has 2 atom stereocenters. The molecule has 0 fully saturated rings. The summed E-state index contributed by atoms with van der Waals surface area (Å²) in [6, 6.07) is 4.11. The molecule has 0 heterocycles. The van der Waals surface area contributed by atoms with Gasteiger partial charge in [-0.1, -0.05) is 73.6 Å². The van der Waals surface area contributed by atoms with Crippen LogP contribution >= 0.6 is 0 Å². The van der Waals surface area contributed by atoms with Crippen molar-refractivity contribution in [2.24, 2.45) is 5.92 Å². The van der Waals surface area contributed by atoms with Gasteiger partial charge in [-0.05, 0) is 59.8 Å². The van der Waals surface area contributed by atoms with E-state index in [0.717, 1.165) is 0 Å². The average Bonchev–Trinajstić information content (AvgIpc) is 2.65. The SMILES string of the molecule is CCOC(=O)/C=C/[C@@H](C(C)C)N(O)[C@H](C)c1c(C(C)C)cc(C(C)C)cc1C(C)C. The lowest BCUT2D eigenvalue weighted by Crippen LogP contribution is -2.38. The molecule has 30 heavy (non-hydrogen) atoms. The zero-order chi connectivity index (χ0) is 23.2. The third kappa shape index (κ3) is 6.68. The lowest BCUT2D eigenvalue weighted by molar-refractivity contribution is -0.155. The first-order valence-electron chi connectivity index (χ1n) is 11.4. The zero-order valence-corrected chi connectivity index (χ0v) is 20.7. The second-order valence-corrected chi connectivity index (χ2v) is 9.48. The standard InChI is InChI=1S/C26H43NO3/c1-11-30-25(28)13-12-24(19(8)9)27(29)20(10)26-22(17(4)5)14-21(16(2)3)15-23(26)18(6)7/h12-20,24,29H,11H2,1-10H3/b13-12+/t20-,24+/m1/s1. The third-order valence-electron chi connectivity index (χ3n) is 5.70. The number of esters is 1. The Kier molecular flexibility index (Phi) is 10.3. The summed E-state index contributed by atoms with van der Waals surface area (Å²) in [4.78, 5) is 11.8. The summed E-state index contributed by atoms with van der Waals surface area (Å²) >= 11 is 0. The molecule has 4 nitrogen and oxygen atoms in total. The van der Waals surface area contributed by atoms with E-state index in [-0.39, 0.29) is 24.0 Å². The second kappa shape index (κ2) is 11.7. The number of hydrogen-bond donors (Lipinski definition) is 1. The molecule has 0 aliphatic carbocycles. The summed E-state index contributed by atoms with van der Waals surface area (Å²) in [5, 5.41) is 12.7. The monoisotopic (exact) mass is 417 g/mol. The van der Waals surface area contributed by atoms with Gasteiger partial charge in [0.05, 0.1) is 18.7 Å². The van der Waals surface area contributed by atoms with E-state index in [1.54, 1.807) is 13.0 Å². The number of carbonyl (C=O) groups is 1. The summed E-state index contributed by atoms with van der Waals surface area (Å²) in [6.07, 6.45) is 3.18. The molecule has 0 amide bonds. The Balaban J connectivity index is 3.47. The van der Waals surface area contributed by atoms with Crippen molar-refractivity contribution in [1.29, 1.82) is 0 Å². The molecule has 1 rings (SSSR count). The molecule has 0 saturated carbocycles. The Morgan fingerprint density at radius 1 is 0.967 bits per heavy atom. The Labute approximate surface area is 184 Å². The average molecular weight is 418 g/mol. The summed E-state index contributed by atoms with van der Waals surface area (Å²) in [6.45, 7) is 21.6. The minimum absolute atomic E-state index is 0.128. The number of hydroxylamine groups is 2. The van der Waals surface area contributed by atoms with E-state index in [0.29, 0.717) is 24.4 Å². The van der Waals surface area contributed by atoms with Gasteiger partial charge in [-0.3, -0.25) is 0 Å². The third-order valence-corrected chi connectivity index (χ3v) is 5.70. The number of rotatable bonds is 10. The quantitative estimate of drug-likeness (QED) is 0.254. The van der Waals surface area contributed by atoms with E-state index in [9.17, 15) is 10.0 Å². The van der Waals surface area contributed by atoms with Crippen molar-refractivity contribution < 1.29 is 14.7 Å². The van der Waals surface area contributed by atoms with Gasteiger partial charge in [-0.2, -0.15) is 5.06 Å². The molecule has 1 aromatic rings. The van der Waals surface area contributed by atoms with Crippen molar-refractivity contribution >= 4 is 5.97 Å². The van der Waals surface area contributed by atoms with Gasteiger partial charge in [0.25, 0.3) is 0 Å². The van der Waals surface area contributed by atoms with Crippen LogP contribution in [0.2, 0.25) is 0 Å². The maximum Gasteiger partial charge on any atom is 0.330 e. The Morgan fingerprint density at radius 2 is 1.47 bits per heavy atom. The molecule has 0 aromatic heterocycles. The molecule has 0 spiro atoms. The largest absolute Gasteiger partial charge is 0.463 e. The van der Waals surface area contributed by atoms with E-state index in [2.05, 4.69) is 60.6 Å². The first kappa shape index (κ1) is 26.4. The van der Waals surface area contributed by atoms with Gasteiger partial charge in [-0.25, -0.2) is 4.79 Å². The maximum atomic E-state index is 11.8. The van der Waals surface area contributed by atoms with Crippen LogP contribution in [0.4, 0.5) is 0 Å². The normalized spacial score (nSPS) is 14.5. The van der Waals surface area contributed by atoms with E-state index in [4.69, 9.17) is 4.74 Å². The molecule has 4 heteroatoms. The summed E-state index contributed by atoms with van der Waals surface area (Å²) in [7, 11) is 0. The first-order valence-corrected chi connectivity index (χ1v) is 11.4. The number of hydrogen-bond acceptors (Lipinski definition) is 4. The molecule has 0 unspecified atom stereocenters. The molecular formula is C26H43NO3. The fourth-order valence-electron chi connectivity index (χ4n) is 3.87. The Morgan fingerprint density at radius 3 is 1.83 bits per heavy atom. The zero-order valence-electron chi connectivity index (χ0n) is 20.7. The van der Waals surface area contributed by atoms with Crippen LogP contribution in [-0.2, 0) is 9.53 Å². The van der Waals surface area contributed by atoms with Crippen LogP contribution in [0.15, 0.2) is 24.3 Å². The van der Waals surface area contributed by atoms with Gasteiger partial charge in [-0.15, -0.1) is 0 Å². The van der Waals surface area contributed by atoms with E-state index >= 15 is 0 Å². The highest BCUT2D eigenvalue weighted by Gasteiger charge is 2.29. The van der Waals surface area contributed by atoms with Crippen molar-refractivity contribution in [2.75, 3.05) is 6.61 Å². The van der Waals surface area contributed by atoms with Crippen LogP contribution in [0.3, 0.4) is 0 Å². The van der Waals surface area contributed by atoms with Crippen LogP contribution in [-0.4, -0.2) is 28.9 Å². The molecule has 0 saturated heterocycles. The number of carbonyl (C=O) groups excluding carboxylic acids is 1. The van der Waals surface area contributed by atoms with E-state index in [1.807, 2.05) is 13.8 Å². The second-order valence-electron chi connectivity index (χ2n) is 9.48. The van der Waals surface area contributed by atoms with Crippen LogP contribution in [0.25, 0.3) is 0 Å². The van der Waals surface area contributed by atoms with Crippen molar-refractivity contribution in [3.63, 3.8) is 0 Å². The van der Waals surface area contributed by atoms with Crippen molar-refractivity contribution in [2.45, 2.75) is 99.1 Å². The van der Waals surface area contributed by atoms with Crippen molar-refractivity contribution in [1.82, 2.24) is 5.06 Å². The minimum Gasteiger partial charge on any atom is -0.463 e. The summed E-state index contributed by atoms with van der Waals surface area (Å²) < 4.78 is 5.01.